The van der Waals surface area contributed by atoms with Crippen LogP contribution in [0.1, 0.15) is 11.7 Å². The van der Waals surface area contributed by atoms with E-state index in [0.29, 0.717) is 5.56 Å². The lowest BCUT2D eigenvalue weighted by Crippen LogP contribution is -2.09. The number of aromatic nitrogens is 3. The van der Waals surface area contributed by atoms with Gasteiger partial charge in [-0.15, -0.1) is 5.10 Å². The molecule has 0 saturated carbocycles. The third-order valence-corrected chi connectivity index (χ3v) is 3.22. The minimum absolute atomic E-state index is 0.269. The van der Waals surface area contributed by atoms with Crippen LogP contribution in [0.3, 0.4) is 0 Å². The summed E-state index contributed by atoms with van der Waals surface area (Å²) in [7, 11) is 0. The summed E-state index contributed by atoms with van der Waals surface area (Å²) in [5.74, 6) is -0.321. The SMILES string of the molecule is O[C@H](Cn1cc(-c2ccccc2)nn1)c1ccc(F)cc1. The van der Waals surface area contributed by atoms with Crippen LogP contribution in [-0.4, -0.2) is 20.1 Å². The van der Waals surface area contributed by atoms with E-state index in [1.54, 1.807) is 23.0 Å². The fourth-order valence-electron chi connectivity index (χ4n) is 2.10. The second-order valence-corrected chi connectivity index (χ2v) is 4.76. The van der Waals surface area contributed by atoms with Gasteiger partial charge in [0.15, 0.2) is 0 Å². The molecule has 21 heavy (non-hydrogen) atoms. The molecule has 0 aliphatic rings. The van der Waals surface area contributed by atoms with Crippen molar-refractivity contribution in [2.75, 3.05) is 0 Å². The minimum Gasteiger partial charge on any atom is -0.386 e. The molecule has 1 atom stereocenters. The molecule has 1 N–H and O–H groups in total. The lowest BCUT2D eigenvalue weighted by Gasteiger charge is -2.10. The molecule has 1 aromatic heterocycles. The van der Waals surface area contributed by atoms with E-state index in [4.69, 9.17) is 0 Å². The summed E-state index contributed by atoms with van der Waals surface area (Å²) in [5.41, 5.74) is 2.37. The smallest absolute Gasteiger partial charge is 0.123 e. The maximum atomic E-state index is 12.9. The zero-order chi connectivity index (χ0) is 14.7. The highest BCUT2D eigenvalue weighted by molar-refractivity contribution is 5.57. The number of hydrogen-bond donors (Lipinski definition) is 1. The van der Waals surface area contributed by atoms with Crippen LogP contribution in [0.2, 0.25) is 0 Å². The van der Waals surface area contributed by atoms with Gasteiger partial charge in [0, 0.05) is 5.56 Å². The topological polar surface area (TPSA) is 50.9 Å². The summed E-state index contributed by atoms with van der Waals surface area (Å²) >= 11 is 0. The Bertz CT molecular complexity index is 710. The van der Waals surface area contributed by atoms with E-state index in [-0.39, 0.29) is 12.4 Å². The molecule has 0 amide bonds. The molecular formula is C16H14FN3O. The van der Waals surface area contributed by atoms with Crippen LogP contribution in [0.25, 0.3) is 11.3 Å². The molecule has 0 radical (unpaired) electrons. The number of nitrogens with zero attached hydrogens (tertiary/aromatic N) is 3. The van der Waals surface area contributed by atoms with Crippen molar-refractivity contribution in [2.45, 2.75) is 12.6 Å². The third-order valence-electron chi connectivity index (χ3n) is 3.22. The third kappa shape index (κ3) is 3.14. The zero-order valence-corrected chi connectivity index (χ0v) is 11.2. The summed E-state index contributed by atoms with van der Waals surface area (Å²) in [6, 6.07) is 15.5. The molecule has 3 rings (SSSR count). The first-order chi connectivity index (χ1) is 10.2. The largest absolute Gasteiger partial charge is 0.386 e. The van der Waals surface area contributed by atoms with E-state index in [2.05, 4.69) is 10.3 Å². The fourth-order valence-corrected chi connectivity index (χ4v) is 2.10. The predicted molar refractivity (Wildman–Crippen MR) is 76.8 cm³/mol. The predicted octanol–water partition coefficient (Wildman–Crippen LogP) is 2.82. The summed E-state index contributed by atoms with van der Waals surface area (Å²) in [6.07, 6.45) is 1.03. The molecule has 0 saturated heterocycles. The van der Waals surface area contributed by atoms with Gasteiger partial charge in [-0.25, -0.2) is 9.07 Å². The second-order valence-electron chi connectivity index (χ2n) is 4.76. The number of aliphatic hydroxyl groups excluding tert-OH is 1. The van der Waals surface area contributed by atoms with Gasteiger partial charge in [-0.2, -0.15) is 0 Å². The van der Waals surface area contributed by atoms with Crippen LogP contribution in [0, 0.1) is 5.82 Å². The Morgan fingerprint density at radius 3 is 2.48 bits per heavy atom. The van der Waals surface area contributed by atoms with Crippen molar-refractivity contribution in [3.05, 3.63) is 72.2 Å². The number of benzene rings is 2. The van der Waals surface area contributed by atoms with Crippen molar-refractivity contribution in [1.82, 2.24) is 15.0 Å². The van der Waals surface area contributed by atoms with Gasteiger partial charge in [0.2, 0.25) is 0 Å². The van der Waals surface area contributed by atoms with Crippen LogP contribution < -0.4 is 0 Å². The van der Waals surface area contributed by atoms with Crippen molar-refractivity contribution >= 4 is 0 Å². The van der Waals surface area contributed by atoms with E-state index < -0.39 is 6.10 Å². The highest BCUT2D eigenvalue weighted by Crippen LogP contribution is 2.18. The van der Waals surface area contributed by atoms with E-state index >= 15 is 0 Å². The molecule has 3 aromatic rings. The van der Waals surface area contributed by atoms with Gasteiger partial charge in [0.1, 0.15) is 11.5 Å². The average Bonchev–Trinajstić information content (AvgIpc) is 2.97. The summed E-state index contributed by atoms with van der Waals surface area (Å²) < 4.78 is 14.4. The fraction of sp³-hybridized carbons (Fsp3) is 0.125. The van der Waals surface area contributed by atoms with Crippen molar-refractivity contribution < 1.29 is 9.50 Å². The number of hydrogen-bond acceptors (Lipinski definition) is 3. The van der Waals surface area contributed by atoms with Crippen LogP contribution in [0.15, 0.2) is 60.8 Å². The van der Waals surface area contributed by atoms with Crippen LogP contribution >= 0.6 is 0 Å². The Hall–Kier alpha value is -2.53. The quantitative estimate of drug-likeness (QED) is 0.801. The van der Waals surface area contributed by atoms with Crippen LogP contribution in [0.5, 0.6) is 0 Å². The second kappa shape index (κ2) is 5.85. The molecule has 0 bridgehead atoms. The molecule has 106 valence electrons. The lowest BCUT2D eigenvalue weighted by molar-refractivity contribution is 0.150. The van der Waals surface area contributed by atoms with Gasteiger partial charge in [-0.05, 0) is 17.7 Å². The molecular weight excluding hydrogens is 269 g/mol. The average molecular weight is 283 g/mol. The Morgan fingerprint density at radius 1 is 1.05 bits per heavy atom. The molecule has 0 unspecified atom stereocenters. The number of rotatable bonds is 4. The normalized spacial score (nSPS) is 12.3. The maximum Gasteiger partial charge on any atom is 0.123 e. The Kier molecular flexibility index (Phi) is 3.75. The minimum atomic E-state index is -0.754. The van der Waals surface area contributed by atoms with Crippen molar-refractivity contribution in [2.24, 2.45) is 0 Å². The van der Waals surface area contributed by atoms with Gasteiger partial charge in [-0.3, -0.25) is 0 Å². The van der Waals surface area contributed by atoms with Crippen molar-refractivity contribution in [3.8, 4) is 11.3 Å². The molecule has 1 heterocycles. The maximum absolute atomic E-state index is 12.9. The first-order valence-electron chi connectivity index (χ1n) is 6.61. The van der Waals surface area contributed by atoms with Gasteiger partial charge < -0.3 is 5.11 Å². The summed E-state index contributed by atoms with van der Waals surface area (Å²) in [6.45, 7) is 0.269. The van der Waals surface area contributed by atoms with Gasteiger partial charge in [0.05, 0.1) is 18.8 Å². The lowest BCUT2D eigenvalue weighted by atomic mass is 10.1. The van der Waals surface area contributed by atoms with Gasteiger partial charge in [0.25, 0.3) is 0 Å². The Labute approximate surface area is 121 Å². The molecule has 0 aliphatic carbocycles. The molecule has 2 aromatic carbocycles. The van der Waals surface area contributed by atoms with Crippen molar-refractivity contribution in [3.63, 3.8) is 0 Å². The van der Waals surface area contributed by atoms with Crippen LogP contribution in [-0.2, 0) is 6.54 Å². The van der Waals surface area contributed by atoms with E-state index in [1.807, 2.05) is 30.3 Å². The zero-order valence-electron chi connectivity index (χ0n) is 11.2. The molecule has 5 heteroatoms. The molecule has 0 aliphatic heterocycles. The molecule has 4 nitrogen and oxygen atoms in total. The van der Waals surface area contributed by atoms with E-state index in [1.165, 1.54) is 12.1 Å². The van der Waals surface area contributed by atoms with Crippen molar-refractivity contribution in [1.29, 1.82) is 0 Å². The van der Waals surface area contributed by atoms with E-state index in [9.17, 15) is 9.50 Å². The van der Waals surface area contributed by atoms with Crippen LogP contribution in [0.4, 0.5) is 4.39 Å². The molecule has 0 fully saturated rings. The number of aliphatic hydroxyl groups is 1. The summed E-state index contributed by atoms with van der Waals surface area (Å²) in [4.78, 5) is 0. The first-order valence-corrected chi connectivity index (χ1v) is 6.61. The number of halogens is 1. The summed E-state index contributed by atoms with van der Waals surface area (Å²) in [5, 5.41) is 18.2. The molecule has 0 spiro atoms. The van der Waals surface area contributed by atoms with Gasteiger partial charge in [-0.1, -0.05) is 47.7 Å². The first kappa shape index (κ1) is 13.5. The standard InChI is InChI=1S/C16H14FN3O/c17-14-8-6-13(7-9-14)16(21)11-20-10-15(18-19-20)12-4-2-1-3-5-12/h1-10,16,21H,11H2/t16-/m1/s1. The highest BCUT2D eigenvalue weighted by atomic mass is 19.1. The van der Waals surface area contributed by atoms with Gasteiger partial charge >= 0.3 is 0 Å². The van der Waals surface area contributed by atoms with E-state index in [0.717, 1.165) is 11.3 Å². The Balaban J connectivity index is 1.74. The monoisotopic (exact) mass is 283 g/mol. The Morgan fingerprint density at radius 2 is 1.76 bits per heavy atom. The highest BCUT2D eigenvalue weighted by Gasteiger charge is 2.10.